The lowest BCUT2D eigenvalue weighted by atomic mass is 10.2. The van der Waals surface area contributed by atoms with Gasteiger partial charge < -0.3 is 15.2 Å². The molecule has 146 valence electrons. The zero-order valence-electron chi connectivity index (χ0n) is 14.9. The summed E-state index contributed by atoms with van der Waals surface area (Å²) in [6, 6.07) is 10.3. The highest BCUT2D eigenvalue weighted by Crippen LogP contribution is 2.23. The fourth-order valence-corrected chi connectivity index (χ4v) is 2.18. The molecule has 0 bridgehead atoms. The number of hydrazone groups is 1. The lowest BCUT2D eigenvalue weighted by Gasteiger charge is -2.09. The van der Waals surface area contributed by atoms with E-state index >= 15 is 0 Å². The van der Waals surface area contributed by atoms with E-state index in [0.717, 1.165) is 24.4 Å². The topological polar surface area (TPSA) is 143 Å². The van der Waals surface area contributed by atoms with E-state index in [4.69, 9.17) is 4.74 Å². The number of non-ortho nitro benzene ring substituents is 1. The standard InChI is InChI=1S/C18H18N4O6/c1-28-16-5-3-2-4-14(16)20-17(24)8-9-18(25)21-19-11-12-10-13(22(26)27)6-7-15(12)23/h2-7,10-11,23H,8-9H2,1H3,(H,20,24)(H,21,25)/b19-11-. The fraction of sp³-hybridized carbons (Fsp3) is 0.167. The van der Waals surface area contributed by atoms with Gasteiger partial charge >= 0.3 is 0 Å². The van der Waals surface area contributed by atoms with Crippen LogP contribution in [0.4, 0.5) is 11.4 Å². The monoisotopic (exact) mass is 386 g/mol. The third-order valence-electron chi connectivity index (χ3n) is 3.58. The van der Waals surface area contributed by atoms with Gasteiger partial charge in [0.25, 0.3) is 5.69 Å². The Kier molecular flexibility index (Phi) is 7.03. The summed E-state index contributed by atoms with van der Waals surface area (Å²) in [5, 5.41) is 26.7. The predicted octanol–water partition coefficient (Wildman–Crippen LogP) is 2.18. The van der Waals surface area contributed by atoms with Gasteiger partial charge in [-0.05, 0) is 18.2 Å². The number of benzene rings is 2. The highest BCUT2D eigenvalue weighted by atomic mass is 16.6. The predicted molar refractivity (Wildman–Crippen MR) is 101 cm³/mol. The first-order valence-electron chi connectivity index (χ1n) is 8.13. The number of carbonyl (C=O) groups is 2. The van der Waals surface area contributed by atoms with E-state index in [9.17, 15) is 24.8 Å². The van der Waals surface area contributed by atoms with Gasteiger partial charge in [0, 0.05) is 30.5 Å². The molecular weight excluding hydrogens is 368 g/mol. The number of hydrogen-bond acceptors (Lipinski definition) is 7. The molecule has 28 heavy (non-hydrogen) atoms. The molecule has 0 aliphatic carbocycles. The first-order chi connectivity index (χ1) is 13.4. The lowest BCUT2D eigenvalue weighted by molar-refractivity contribution is -0.384. The summed E-state index contributed by atoms with van der Waals surface area (Å²) in [6.07, 6.45) is 0.871. The number of phenols is 1. The van der Waals surface area contributed by atoms with Crippen molar-refractivity contribution in [3.63, 3.8) is 0 Å². The quantitative estimate of drug-likeness (QED) is 0.360. The minimum absolute atomic E-state index is 0.0726. The number of methoxy groups -OCH3 is 1. The number of carbonyl (C=O) groups excluding carboxylic acids is 2. The normalized spacial score (nSPS) is 10.5. The second-order valence-corrected chi connectivity index (χ2v) is 5.54. The summed E-state index contributed by atoms with van der Waals surface area (Å²) in [5.41, 5.74) is 2.54. The van der Waals surface area contributed by atoms with Gasteiger partial charge in [0.15, 0.2) is 0 Å². The molecule has 3 N–H and O–H groups in total. The number of amides is 2. The third kappa shape index (κ3) is 5.80. The smallest absolute Gasteiger partial charge is 0.270 e. The van der Waals surface area contributed by atoms with Gasteiger partial charge in [-0.2, -0.15) is 5.10 Å². The molecule has 2 aromatic carbocycles. The van der Waals surface area contributed by atoms with Crippen LogP contribution in [0, 0.1) is 10.1 Å². The Hall–Kier alpha value is -3.95. The van der Waals surface area contributed by atoms with Crippen LogP contribution in [0.1, 0.15) is 18.4 Å². The van der Waals surface area contributed by atoms with Gasteiger partial charge in [0.1, 0.15) is 11.5 Å². The van der Waals surface area contributed by atoms with Crippen molar-refractivity contribution in [3.05, 3.63) is 58.1 Å². The average Bonchev–Trinajstić information content (AvgIpc) is 2.68. The number of hydrogen-bond donors (Lipinski definition) is 3. The number of para-hydroxylation sites is 2. The lowest BCUT2D eigenvalue weighted by Crippen LogP contribution is -2.20. The molecule has 2 amide bonds. The van der Waals surface area contributed by atoms with Crippen LogP contribution in [0.2, 0.25) is 0 Å². The van der Waals surface area contributed by atoms with E-state index in [1.165, 1.54) is 7.11 Å². The van der Waals surface area contributed by atoms with Crippen LogP contribution in [-0.2, 0) is 9.59 Å². The maximum Gasteiger partial charge on any atom is 0.270 e. The zero-order chi connectivity index (χ0) is 20.5. The number of phenolic OH excluding ortho intramolecular Hbond substituents is 1. The van der Waals surface area contributed by atoms with Crippen molar-refractivity contribution >= 4 is 29.4 Å². The van der Waals surface area contributed by atoms with Crippen molar-refractivity contribution in [3.8, 4) is 11.5 Å². The maximum absolute atomic E-state index is 11.9. The highest BCUT2D eigenvalue weighted by Gasteiger charge is 2.10. The summed E-state index contributed by atoms with van der Waals surface area (Å²) >= 11 is 0. The molecule has 2 rings (SSSR count). The average molecular weight is 386 g/mol. The number of rotatable bonds is 8. The molecule has 0 unspecified atom stereocenters. The summed E-state index contributed by atoms with van der Waals surface area (Å²) < 4.78 is 5.12. The minimum Gasteiger partial charge on any atom is -0.507 e. The van der Waals surface area contributed by atoms with E-state index in [-0.39, 0.29) is 35.7 Å². The number of ether oxygens (including phenoxy) is 1. The van der Waals surface area contributed by atoms with E-state index in [1.54, 1.807) is 24.3 Å². The van der Waals surface area contributed by atoms with Crippen LogP contribution in [0.15, 0.2) is 47.6 Å². The molecule has 0 fully saturated rings. The van der Waals surface area contributed by atoms with Gasteiger partial charge in [-0.15, -0.1) is 0 Å². The second-order valence-electron chi connectivity index (χ2n) is 5.54. The van der Waals surface area contributed by atoms with Crippen molar-refractivity contribution in [2.24, 2.45) is 5.10 Å². The van der Waals surface area contributed by atoms with Crippen molar-refractivity contribution in [1.29, 1.82) is 0 Å². The van der Waals surface area contributed by atoms with Gasteiger partial charge in [-0.1, -0.05) is 12.1 Å². The Morgan fingerprint density at radius 1 is 1.21 bits per heavy atom. The van der Waals surface area contributed by atoms with E-state index in [1.807, 2.05) is 0 Å². The third-order valence-corrected chi connectivity index (χ3v) is 3.58. The molecule has 0 aliphatic heterocycles. The molecule has 10 nitrogen and oxygen atoms in total. The van der Waals surface area contributed by atoms with E-state index in [2.05, 4.69) is 15.8 Å². The number of aromatic hydroxyl groups is 1. The largest absolute Gasteiger partial charge is 0.507 e. The summed E-state index contributed by atoms with van der Waals surface area (Å²) in [5.74, 6) is -0.627. The maximum atomic E-state index is 11.9. The number of nitro groups is 1. The fourth-order valence-electron chi connectivity index (χ4n) is 2.18. The van der Waals surface area contributed by atoms with E-state index in [0.29, 0.717) is 11.4 Å². The highest BCUT2D eigenvalue weighted by molar-refractivity contribution is 5.94. The van der Waals surface area contributed by atoms with Crippen LogP contribution in [0.3, 0.4) is 0 Å². The van der Waals surface area contributed by atoms with Gasteiger partial charge in [0.05, 0.1) is 23.9 Å². The summed E-state index contributed by atoms with van der Waals surface area (Å²) in [6.45, 7) is 0. The molecule has 0 heterocycles. The molecular formula is C18H18N4O6. The molecule has 10 heteroatoms. The number of nitrogens with zero attached hydrogens (tertiary/aromatic N) is 2. The van der Waals surface area contributed by atoms with Crippen molar-refractivity contribution in [1.82, 2.24) is 5.43 Å². The first-order valence-corrected chi connectivity index (χ1v) is 8.13. The van der Waals surface area contributed by atoms with Crippen LogP contribution < -0.4 is 15.5 Å². The first kappa shape index (κ1) is 20.4. The van der Waals surface area contributed by atoms with Gasteiger partial charge in [0.2, 0.25) is 11.8 Å². The Bertz CT molecular complexity index is 913. The molecule has 0 spiro atoms. The van der Waals surface area contributed by atoms with Crippen molar-refractivity contribution in [2.45, 2.75) is 12.8 Å². The molecule has 0 aromatic heterocycles. The van der Waals surface area contributed by atoms with Crippen molar-refractivity contribution < 1.29 is 24.4 Å². The van der Waals surface area contributed by atoms with Crippen LogP contribution >= 0.6 is 0 Å². The van der Waals surface area contributed by atoms with Gasteiger partial charge in [-0.25, -0.2) is 5.43 Å². The molecule has 0 radical (unpaired) electrons. The Labute approximate surface area is 160 Å². The van der Waals surface area contributed by atoms with Gasteiger partial charge in [-0.3, -0.25) is 19.7 Å². The molecule has 0 saturated heterocycles. The summed E-state index contributed by atoms with van der Waals surface area (Å²) in [7, 11) is 1.48. The number of anilines is 1. The Morgan fingerprint density at radius 3 is 2.64 bits per heavy atom. The van der Waals surface area contributed by atoms with Crippen LogP contribution in [0.25, 0.3) is 0 Å². The minimum atomic E-state index is -0.615. The SMILES string of the molecule is COc1ccccc1NC(=O)CCC(=O)N/N=C\c1cc([N+](=O)[O-])ccc1O. The number of nitrogens with one attached hydrogen (secondary N) is 2. The Balaban J connectivity index is 1.84. The van der Waals surface area contributed by atoms with Crippen LogP contribution in [0.5, 0.6) is 11.5 Å². The zero-order valence-corrected chi connectivity index (χ0v) is 14.9. The number of nitro benzene ring substituents is 1. The van der Waals surface area contributed by atoms with E-state index < -0.39 is 10.8 Å². The molecule has 0 atom stereocenters. The van der Waals surface area contributed by atoms with Crippen LogP contribution in [-0.4, -0.2) is 35.2 Å². The molecule has 0 saturated carbocycles. The summed E-state index contributed by atoms with van der Waals surface area (Å²) in [4.78, 5) is 33.8. The van der Waals surface area contributed by atoms with Crippen molar-refractivity contribution in [2.75, 3.05) is 12.4 Å². The molecule has 0 aliphatic rings. The Morgan fingerprint density at radius 2 is 1.93 bits per heavy atom. The molecule has 2 aromatic rings. The second kappa shape index (κ2) is 9.67.